The topological polar surface area (TPSA) is 70.2 Å². The molecule has 1 heterocycles. The van der Waals surface area contributed by atoms with E-state index in [4.69, 9.17) is 0 Å². The van der Waals surface area contributed by atoms with Gasteiger partial charge in [-0.25, -0.2) is 12.8 Å². The number of aryl methyl sites for hydroxylation is 3. The molecule has 0 atom stereocenters. The van der Waals surface area contributed by atoms with Crippen LogP contribution in [0.4, 0.5) is 4.39 Å². The van der Waals surface area contributed by atoms with Crippen molar-refractivity contribution >= 4 is 20.9 Å². The number of aromatic nitrogens is 1. The minimum absolute atomic E-state index is 0.0117. The Hall–Kier alpha value is -3.29. The van der Waals surface area contributed by atoms with E-state index in [1.54, 1.807) is 6.07 Å². The van der Waals surface area contributed by atoms with Crippen molar-refractivity contribution in [3.63, 3.8) is 0 Å². The van der Waals surface area contributed by atoms with E-state index in [2.05, 4.69) is 4.98 Å². The van der Waals surface area contributed by atoms with Crippen molar-refractivity contribution in [3.05, 3.63) is 111 Å². The Kier molecular flexibility index (Phi) is 6.68. The molecule has 7 heteroatoms. The summed E-state index contributed by atoms with van der Waals surface area (Å²) in [7, 11) is -3.97. The minimum atomic E-state index is -3.97. The van der Waals surface area contributed by atoms with Crippen LogP contribution in [0, 0.1) is 26.6 Å². The lowest BCUT2D eigenvalue weighted by Gasteiger charge is -2.23. The molecular weight excluding hydrogens is 451 g/mol. The third-order valence-corrected chi connectivity index (χ3v) is 8.18. The summed E-state index contributed by atoms with van der Waals surface area (Å²) in [5, 5.41) is 0.843. The van der Waals surface area contributed by atoms with Crippen molar-refractivity contribution in [1.29, 1.82) is 0 Å². The van der Waals surface area contributed by atoms with Gasteiger partial charge in [0.05, 0.1) is 10.4 Å². The molecule has 0 aliphatic carbocycles. The van der Waals surface area contributed by atoms with E-state index in [1.807, 2.05) is 57.2 Å². The number of fused-ring (bicyclic) bond motifs is 1. The summed E-state index contributed by atoms with van der Waals surface area (Å²) in [4.78, 5) is 15.9. The van der Waals surface area contributed by atoms with Crippen molar-refractivity contribution in [2.24, 2.45) is 0 Å². The number of H-pyrrole nitrogens is 1. The maximum atomic E-state index is 13.5. The van der Waals surface area contributed by atoms with E-state index in [1.165, 1.54) is 16.4 Å². The lowest BCUT2D eigenvalue weighted by atomic mass is 10.0. The lowest BCUT2D eigenvalue weighted by Crippen LogP contribution is -2.34. The number of benzene rings is 3. The number of sulfonamides is 1. The Morgan fingerprint density at radius 1 is 0.882 bits per heavy atom. The average molecular weight is 479 g/mol. The Labute approximate surface area is 198 Å². The van der Waals surface area contributed by atoms with Gasteiger partial charge in [-0.2, -0.15) is 4.31 Å². The first-order valence-corrected chi connectivity index (χ1v) is 12.5. The summed E-state index contributed by atoms with van der Waals surface area (Å²) in [5.41, 5.74) is 4.92. The highest BCUT2D eigenvalue weighted by atomic mass is 32.2. The fraction of sp³-hybridized carbons (Fsp3) is 0.222. The number of nitrogens with one attached hydrogen (secondary N) is 1. The van der Waals surface area contributed by atoms with Crippen LogP contribution in [0.2, 0.25) is 0 Å². The van der Waals surface area contributed by atoms with Gasteiger partial charge in [0.1, 0.15) is 5.82 Å². The van der Waals surface area contributed by atoms with Gasteiger partial charge in [-0.15, -0.1) is 0 Å². The molecule has 0 aliphatic rings. The first kappa shape index (κ1) is 23.9. The van der Waals surface area contributed by atoms with Crippen LogP contribution in [0.15, 0.2) is 76.4 Å². The Morgan fingerprint density at radius 3 is 2.29 bits per heavy atom. The fourth-order valence-electron chi connectivity index (χ4n) is 4.05. The van der Waals surface area contributed by atoms with Gasteiger partial charge in [0.25, 0.3) is 5.56 Å². The molecular formula is C27H27FN2O3S. The summed E-state index contributed by atoms with van der Waals surface area (Å²) in [5.74, 6) is -0.512. The second-order valence-corrected chi connectivity index (χ2v) is 10.5. The Balaban J connectivity index is 1.74. The molecule has 4 rings (SSSR count). The summed E-state index contributed by atoms with van der Waals surface area (Å²) >= 11 is 0. The quantitative estimate of drug-likeness (QED) is 0.405. The molecule has 0 saturated carbocycles. The molecule has 0 unspecified atom stereocenters. The third kappa shape index (κ3) is 4.81. The van der Waals surface area contributed by atoms with Crippen LogP contribution in [-0.4, -0.2) is 24.3 Å². The van der Waals surface area contributed by atoms with Crippen LogP contribution >= 0.6 is 0 Å². The predicted molar refractivity (Wildman–Crippen MR) is 133 cm³/mol. The first-order valence-electron chi connectivity index (χ1n) is 11.1. The molecule has 1 aromatic heterocycles. The summed E-state index contributed by atoms with van der Waals surface area (Å²) in [6.45, 7) is 5.98. The van der Waals surface area contributed by atoms with Crippen molar-refractivity contribution in [1.82, 2.24) is 9.29 Å². The smallest absolute Gasteiger partial charge is 0.252 e. The molecule has 0 amide bonds. The zero-order chi connectivity index (χ0) is 24.5. The van der Waals surface area contributed by atoms with Gasteiger partial charge in [0, 0.05) is 18.7 Å². The normalized spacial score (nSPS) is 11.9. The van der Waals surface area contributed by atoms with Gasteiger partial charge in [-0.1, -0.05) is 36.4 Å². The highest BCUT2D eigenvalue weighted by Gasteiger charge is 2.26. The van der Waals surface area contributed by atoms with Crippen LogP contribution < -0.4 is 5.56 Å². The molecule has 1 N–H and O–H groups in total. The van der Waals surface area contributed by atoms with Gasteiger partial charge >= 0.3 is 0 Å². The molecule has 34 heavy (non-hydrogen) atoms. The number of nitrogens with zero attached hydrogens (tertiary/aromatic N) is 1. The van der Waals surface area contributed by atoms with Crippen LogP contribution in [0.1, 0.15) is 27.8 Å². The molecule has 0 fully saturated rings. The fourth-order valence-corrected chi connectivity index (χ4v) is 5.47. The number of hydrogen-bond acceptors (Lipinski definition) is 3. The zero-order valence-corrected chi connectivity index (χ0v) is 20.2. The molecule has 0 spiro atoms. The largest absolute Gasteiger partial charge is 0.321 e. The number of rotatable bonds is 7. The zero-order valence-electron chi connectivity index (χ0n) is 19.4. The number of pyridine rings is 1. The van der Waals surface area contributed by atoms with E-state index in [0.29, 0.717) is 12.0 Å². The Morgan fingerprint density at radius 2 is 1.59 bits per heavy atom. The highest BCUT2D eigenvalue weighted by Crippen LogP contribution is 2.22. The van der Waals surface area contributed by atoms with Crippen LogP contribution in [0.25, 0.3) is 10.9 Å². The van der Waals surface area contributed by atoms with E-state index >= 15 is 0 Å². The predicted octanol–water partition coefficient (Wildman–Crippen LogP) is 5.03. The van der Waals surface area contributed by atoms with E-state index in [0.717, 1.165) is 45.3 Å². The van der Waals surface area contributed by atoms with Gasteiger partial charge in [-0.3, -0.25) is 4.79 Å². The number of hydrogen-bond donors (Lipinski definition) is 1. The molecule has 0 aliphatic heterocycles. The van der Waals surface area contributed by atoms with E-state index in [9.17, 15) is 17.6 Å². The SMILES string of the molecule is Cc1ccccc1CCN(Cc1cc2ccc(C)c(C)c2[nH]c1=O)S(=O)(=O)c1ccc(F)cc1. The summed E-state index contributed by atoms with van der Waals surface area (Å²) in [6.07, 6.45) is 0.483. The molecule has 5 nitrogen and oxygen atoms in total. The van der Waals surface area contributed by atoms with Crippen molar-refractivity contribution < 1.29 is 12.8 Å². The summed E-state index contributed by atoms with van der Waals surface area (Å²) in [6, 6.07) is 18.2. The standard InChI is InChI=1S/C27H27FN2O3S/c1-18-8-9-22-16-23(27(31)29-26(22)20(18)3)17-30(15-14-21-7-5-4-6-19(21)2)34(32,33)25-12-10-24(28)11-13-25/h4-13,16H,14-15,17H2,1-3H3,(H,29,31). The van der Waals surface area contributed by atoms with Crippen LogP contribution in [-0.2, 0) is 23.0 Å². The van der Waals surface area contributed by atoms with Crippen molar-refractivity contribution in [2.75, 3.05) is 6.54 Å². The van der Waals surface area contributed by atoms with Gasteiger partial charge in [0.2, 0.25) is 10.0 Å². The number of halogens is 1. The van der Waals surface area contributed by atoms with Crippen molar-refractivity contribution in [3.8, 4) is 0 Å². The van der Waals surface area contributed by atoms with Gasteiger partial charge in [-0.05, 0) is 85.2 Å². The van der Waals surface area contributed by atoms with Gasteiger partial charge in [0.15, 0.2) is 0 Å². The number of aromatic amines is 1. The Bertz CT molecular complexity index is 1510. The van der Waals surface area contributed by atoms with Crippen LogP contribution in [0.3, 0.4) is 0 Å². The molecule has 4 aromatic rings. The van der Waals surface area contributed by atoms with E-state index < -0.39 is 15.8 Å². The molecule has 0 saturated heterocycles. The monoisotopic (exact) mass is 478 g/mol. The van der Waals surface area contributed by atoms with Crippen LogP contribution in [0.5, 0.6) is 0 Å². The molecule has 3 aromatic carbocycles. The average Bonchev–Trinajstić information content (AvgIpc) is 2.81. The minimum Gasteiger partial charge on any atom is -0.321 e. The second-order valence-electron chi connectivity index (χ2n) is 8.56. The molecule has 176 valence electrons. The maximum absolute atomic E-state index is 13.5. The van der Waals surface area contributed by atoms with Crippen molar-refractivity contribution in [2.45, 2.75) is 38.6 Å². The second kappa shape index (κ2) is 9.52. The lowest BCUT2D eigenvalue weighted by molar-refractivity contribution is 0.408. The molecule has 0 radical (unpaired) electrons. The van der Waals surface area contributed by atoms with E-state index in [-0.39, 0.29) is 23.5 Å². The molecule has 0 bridgehead atoms. The third-order valence-electron chi connectivity index (χ3n) is 6.32. The maximum Gasteiger partial charge on any atom is 0.252 e. The van der Waals surface area contributed by atoms with Gasteiger partial charge < -0.3 is 4.98 Å². The first-order chi connectivity index (χ1) is 16.2. The highest BCUT2D eigenvalue weighted by molar-refractivity contribution is 7.89. The summed E-state index contributed by atoms with van der Waals surface area (Å²) < 4.78 is 41.8.